The molecule has 116 valence electrons. The largest absolute Gasteiger partial charge is 0.508 e. The van der Waals surface area contributed by atoms with Crippen LogP contribution in [0.3, 0.4) is 0 Å². The SMILES string of the molecule is CCC[C@]1(c2cccc(O)c2)CCN(CC2CCCC2)C1. The summed E-state index contributed by atoms with van der Waals surface area (Å²) < 4.78 is 0. The zero-order valence-electron chi connectivity index (χ0n) is 13.4. The van der Waals surface area contributed by atoms with Gasteiger partial charge < -0.3 is 10.0 Å². The second-order valence-electron chi connectivity index (χ2n) is 7.22. The maximum atomic E-state index is 9.84. The van der Waals surface area contributed by atoms with E-state index in [0.29, 0.717) is 5.75 Å². The minimum Gasteiger partial charge on any atom is -0.508 e. The van der Waals surface area contributed by atoms with Crippen LogP contribution in [-0.4, -0.2) is 29.6 Å². The number of rotatable bonds is 5. The van der Waals surface area contributed by atoms with Crippen LogP contribution in [0.2, 0.25) is 0 Å². The Morgan fingerprint density at radius 1 is 1.29 bits per heavy atom. The molecule has 0 bridgehead atoms. The fraction of sp³-hybridized carbons (Fsp3) is 0.684. The maximum absolute atomic E-state index is 9.84. The third-order valence-corrected chi connectivity index (χ3v) is 5.61. The summed E-state index contributed by atoms with van der Waals surface area (Å²) in [6, 6.07) is 8.00. The number of phenolic OH excluding ortho intramolecular Hbond substituents is 1. The van der Waals surface area contributed by atoms with E-state index in [2.05, 4.69) is 17.9 Å². The molecule has 0 radical (unpaired) electrons. The highest BCUT2D eigenvalue weighted by molar-refractivity contribution is 5.34. The fourth-order valence-corrected chi connectivity index (χ4v) is 4.57. The van der Waals surface area contributed by atoms with Gasteiger partial charge in [0.2, 0.25) is 0 Å². The molecular formula is C19H29NO. The van der Waals surface area contributed by atoms with Gasteiger partial charge in [0.15, 0.2) is 0 Å². The van der Waals surface area contributed by atoms with Gasteiger partial charge in [-0.2, -0.15) is 0 Å². The van der Waals surface area contributed by atoms with E-state index in [1.165, 1.54) is 70.1 Å². The first-order chi connectivity index (χ1) is 10.2. The highest BCUT2D eigenvalue weighted by atomic mass is 16.3. The van der Waals surface area contributed by atoms with Crippen molar-refractivity contribution >= 4 is 0 Å². The van der Waals surface area contributed by atoms with E-state index in [-0.39, 0.29) is 5.41 Å². The van der Waals surface area contributed by atoms with Crippen LogP contribution in [0.25, 0.3) is 0 Å². The van der Waals surface area contributed by atoms with Gasteiger partial charge in [-0.05, 0) is 55.8 Å². The summed E-state index contributed by atoms with van der Waals surface area (Å²) in [5, 5.41) is 9.84. The molecule has 1 aliphatic carbocycles. The van der Waals surface area contributed by atoms with Crippen molar-refractivity contribution in [2.45, 2.75) is 57.3 Å². The van der Waals surface area contributed by atoms with Gasteiger partial charge in [0.05, 0.1) is 0 Å². The Kier molecular flexibility index (Phi) is 4.54. The van der Waals surface area contributed by atoms with Crippen molar-refractivity contribution in [3.05, 3.63) is 29.8 Å². The van der Waals surface area contributed by atoms with Crippen molar-refractivity contribution < 1.29 is 5.11 Å². The molecule has 1 aromatic rings. The average Bonchev–Trinajstić information content (AvgIpc) is 3.11. The smallest absolute Gasteiger partial charge is 0.115 e. The Morgan fingerprint density at radius 3 is 2.81 bits per heavy atom. The lowest BCUT2D eigenvalue weighted by molar-refractivity contribution is 0.257. The van der Waals surface area contributed by atoms with Gasteiger partial charge in [0.25, 0.3) is 0 Å². The van der Waals surface area contributed by atoms with Crippen LogP contribution in [0, 0.1) is 5.92 Å². The van der Waals surface area contributed by atoms with E-state index in [1.54, 1.807) is 6.07 Å². The molecule has 0 aromatic heterocycles. The molecule has 1 saturated heterocycles. The number of hydrogen-bond donors (Lipinski definition) is 1. The summed E-state index contributed by atoms with van der Waals surface area (Å²) in [4.78, 5) is 2.69. The van der Waals surface area contributed by atoms with Gasteiger partial charge in [-0.25, -0.2) is 0 Å². The molecule has 0 amide bonds. The Labute approximate surface area is 129 Å². The van der Waals surface area contributed by atoms with Gasteiger partial charge in [0, 0.05) is 18.5 Å². The fourth-order valence-electron chi connectivity index (χ4n) is 4.57. The van der Waals surface area contributed by atoms with Gasteiger partial charge >= 0.3 is 0 Å². The molecule has 0 unspecified atom stereocenters. The van der Waals surface area contributed by atoms with Crippen LogP contribution >= 0.6 is 0 Å². The van der Waals surface area contributed by atoms with Crippen molar-refractivity contribution in [3.8, 4) is 5.75 Å². The lowest BCUT2D eigenvalue weighted by Crippen LogP contribution is -2.33. The van der Waals surface area contributed by atoms with Crippen molar-refractivity contribution in [1.82, 2.24) is 4.90 Å². The molecule has 2 aliphatic rings. The molecule has 1 heterocycles. The zero-order chi connectivity index (χ0) is 14.7. The van der Waals surface area contributed by atoms with E-state index in [0.717, 1.165) is 5.92 Å². The third kappa shape index (κ3) is 3.26. The highest BCUT2D eigenvalue weighted by Gasteiger charge is 2.39. The third-order valence-electron chi connectivity index (χ3n) is 5.61. The molecule has 1 atom stereocenters. The zero-order valence-corrected chi connectivity index (χ0v) is 13.4. The van der Waals surface area contributed by atoms with Gasteiger partial charge in [-0.1, -0.05) is 38.3 Å². The van der Waals surface area contributed by atoms with E-state index >= 15 is 0 Å². The monoisotopic (exact) mass is 287 g/mol. The van der Waals surface area contributed by atoms with Crippen molar-refractivity contribution in [2.24, 2.45) is 5.92 Å². The Hall–Kier alpha value is -1.02. The summed E-state index contributed by atoms with van der Waals surface area (Å²) in [5.74, 6) is 1.35. The van der Waals surface area contributed by atoms with Gasteiger partial charge in [-0.15, -0.1) is 0 Å². The second kappa shape index (κ2) is 6.39. The molecule has 3 rings (SSSR count). The first kappa shape index (κ1) is 14.9. The first-order valence-corrected chi connectivity index (χ1v) is 8.74. The van der Waals surface area contributed by atoms with Crippen LogP contribution < -0.4 is 0 Å². The van der Waals surface area contributed by atoms with E-state index < -0.39 is 0 Å². The van der Waals surface area contributed by atoms with Crippen LogP contribution in [0.4, 0.5) is 0 Å². The quantitative estimate of drug-likeness (QED) is 0.871. The molecule has 1 aliphatic heterocycles. The normalized spacial score (nSPS) is 27.5. The molecule has 2 fully saturated rings. The Balaban J connectivity index is 1.73. The lowest BCUT2D eigenvalue weighted by Gasteiger charge is -2.30. The summed E-state index contributed by atoms with van der Waals surface area (Å²) in [6.45, 7) is 5.99. The summed E-state index contributed by atoms with van der Waals surface area (Å²) >= 11 is 0. The number of nitrogens with zero attached hydrogens (tertiary/aromatic N) is 1. The van der Waals surface area contributed by atoms with Crippen LogP contribution in [-0.2, 0) is 5.41 Å². The second-order valence-corrected chi connectivity index (χ2v) is 7.22. The molecule has 0 spiro atoms. The maximum Gasteiger partial charge on any atom is 0.115 e. The summed E-state index contributed by atoms with van der Waals surface area (Å²) in [6.07, 6.45) is 9.44. The van der Waals surface area contributed by atoms with Gasteiger partial charge in [-0.3, -0.25) is 0 Å². The number of likely N-dealkylation sites (tertiary alicyclic amines) is 1. The standard InChI is InChI=1S/C19H29NO/c1-2-10-19(17-8-5-9-18(21)13-17)11-12-20(15-19)14-16-6-3-4-7-16/h5,8-9,13,16,21H,2-4,6-7,10-12,14-15H2,1H3/t19-/m0/s1. The predicted molar refractivity (Wildman–Crippen MR) is 87.7 cm³/mol. The minimum atomic E-state index is 0.270. The lowest BCUT2D eigenvalue weighted by atomic mass is 9.76. The van der Waals surface area contributed by atoms with E-state index in [9.17, 15) is 5.11 Å². The predicted octanol–water partition coefficient (Wildman–Crippen LogP) is 4.33. The topological polar surface area (TPSA) is 23.5 Å². The summed E-state index contributed by atoms with van der Waals surface area (Å²) in [5.41, 5.74) is 1.62. The molecule has 2 nitrogen and oxygen atoms in total. The number of phenols is 1. The van der Waals surface area contributed by atoms with Crippen LogP contribution in [0.5, 0.6) is 5.75 Å². The van der Waals surface area contributed by atoms with Crippen LogP contribution in [0.1, 0.15) is 57.4 Å². The molecule has 1 aromatic carbocycles. The average molecular weight is 287 g/mol. The molecule has 1 N–H and O–H groups in total. The molecule has 2 heteroatoms. The molecule has 21 heavy (non-hydrogen) atoms. The number of aromatic hydroxyl groups is 1. The minimum absolute atomic E-state index is 0.270. The molecule has 1 saturated carbocycles. The number of benzene rings is 1. The highest BCUT2D eigenvalue weighted by Crippen LogP contribution is 2.40. The first-order valence-electron chi connectivity index (χ1n) is 8.74. The van der Waals surface area contributed by atoms with Crippen molar-refractivity contribution in [2.75, 3.05) is 19.6 Å². The van der Waals surface area contributed by atoms with E-state index in [1.807, 2.05) is 12.1 Å². The van der Waals surface area contributed by atoms with Crippen molar-refractivity contribution in [1.29, 1.82) is 0 Å². The summed E-state index contributed by atoms with van der Waals surface area (Å²) in [7, 11) is 0. The molecular weight excluding hydrogens is 258 g/mol. The number of hydrogen-bond acceptors (Lipinski definition) is 2. The van der Waals surface area contributed by atoms with Crippen molar-refractivity contribution in [3.63, 3.8) is 0 Å². The van der Waals surface area contributed by atoms with Gasteiger partial charge in [0.1, 0.15) is 5.75 Å². The Morgan fingerprint density at radius 2 is 2.10 bits per heavy atom. The van der Waals surface area contributed by atoms with E-state index in [4.69, 9.17) is 0 Å². The van der Waals surface area contributed by atoms with Crippen LogP contribution in [0.15, 0.2) is 24.3 Å². The Bertz CT molecular complexity index is 466.